The Hall–Kier alpha value is -1.62. The SMILES string of the molecule is CN1CCN(S(=O)(=O)c2ccc3c(c2)NC(=O)C(C(=O)N2CCCCCC2)S3)CC1. The van der Waals surface area contributed by atoms with Gasteiger partial charge in [0.2, 0.25) is 21.8 Å². The Morgan fingerprint density at radius 3 is 2.37 bits per heavy atom. The van der Waals surface area contributed by atoms with Gasteiger partial charge in [-0.3, -0.25) is 9.59 Å². The van der Waals surface area contributed by atoms with E-state index < -0.39 is 15.3 Å². The van der Waals surface area contributed by atoms with E-state index in [4.69, 9.17) is 0 Å². The van der Waals surface area contributed by atoms with Gasteiger partial charge in [0.05, 0.1) is 10.6 Å². The van der Waals surface area contributed by atoms with Crippen molar-refractivity contribution < 1.29 is 18.0 Å². The smallest absolute Gasteiger partial charge is 0.247 e. The zero-order valence-corrected chi connectivity index (χ0v) is 18.8. The molecule has 0 saturated carbocycles. The fourth-order valence-electron chi connectivity index (χ4n) is 4.05. The molecule has 30 heavy (non-hydrogen) atoms. The second-order valence-electron chi connectivity index (χ2n) is 8.09. The van der Waals surface area contributed by atoms with Crippen LogP contribution in [0.25, 0.3) is 0 Å². The molecule has 1 atom stereocenters. The van der Waals surface area contributed by atoms with E-state index in [0.717, 1.165) is 30.6 Å². The van der Waals surface area contributed by atoms with E-state index in [-0.39, 0.29) is 16.7 Å². The van der Waals surface area contributed by atoms with Crippen molar-refractivity contribution in [1.29, 1.82) is 0 Å². The van der Waals surface area contributed by atoms with E-state index in [1.807, 2.05) is 7.05 Å². The first-order valence-corrected chi connectivity index (χ1v) is 12.8. The molecule has 0 radical (unpaired) electrons. The van der Waals surface area contributed by atoms with Crippen molar-refractivity contribution in [2.75, 3.05) is 51.6 Å². The summed E-state index contributed by atoms with van der Waals surface area (Å²) in [6.45, 7) is 3.66. The second-order valence-corrected chi connectivity index (χ2v) is 11.2. The Kier molecular flexibility index (Phi) is 6.38. The summed E-state index contributed by atoms with van der Waals surface area (Å²) in [4.78, 5) is 30.4. The Bertz CT molecular complexity index is 921. The Balaban J connectivity index is 1.51. The summed E-state index contributed by atoms with van der Waals surface area (Å²) in [6.07, 6.45) is 4.16. The number of sulfonamides is 1. The number of nitrogens with zero attached hydrogens (tertiary/aromatic N) is 3. The van der Waals surface area contributed by atoms with E-state index in [0.29, 0.717) is 45.0 Å². The number of likely N-dealkylation sites (N-methyl/N-ethyl adjacent to an activating group) is 1. The average Bonchev–Trinajstić information content (AvgIpc) is 3.02. The van der Waals surface area contributed by atoms with Gasteiger partial charge in [0.25, 0.3) is 0 Å². The van der Waals surface area contributed by atoms with Gasteiger partial charge >= 0.3 is 0 Å². The Morgan fingerprint density at radius 2 is 1.70 bits per heavy atom. The molecule has 3 aliphatic rings. The molecule has 2 amide bonds. The number of amides is 2. The predicted molar refractivity (Wildman–Crippen MR) is 116 cm³/mol. The molecule has 2 fully saturated rings. The van der Waals surface area contributed by atoms with Crippen molar-refractivity contribution in [3.05, 3.63) is 18.2 Å². The number of benzene rings is 1. The van der Waals surface area contributed by atoms with Crippen molar-refractivity contribution in [1.82, 2.24) is 14.1 Å². The third-order valence-corrected chi connectivity index (χ3v) is 9.09. The molecule has 1 N–H and O–H groups in total. The van der Waals surface area contributed by atoms with Crippen LogP contribution in [0.1, 0.15) is 25.7 Å². The first kappa shape index (κ1) is 21.6. The third kappa shape index (κ3) is 4.37. The number of likely N-dealkylation sites (tertiary alicyclic amines) is 1. The van der Waals surface area contributed by atoms with Crippen molar-refractivity contribution >= 4 is 39.3 Å². The number of anilines is 1. The fourth-order valence-corrected chi connectivity index (χ4v) is 6.55. The summed E-state index contributed by atoms with van der Waals surface area (Å²) in [7, 11) is -1.65. The van der Waals surface area contributed by atoms with Gasteiger partial charge in [0, 0.05) is 44.2 Å². The maximum atomic E-state index is 13.0. The normalized spacial score (nSPS) is 24.1. The molecule has 8 nitrogen and oxygen atoms in total. The van der Waals surface area contributed by atoms with E-state index in [2.05, 4.69) is 10.2 Å². The van der Waals surface area contributed by atoms with Gasteiger partial charge in [-0.2, -0.15) is 4.31 Å². The summed E-state index contributed by atoms with van der Waals surface area (Å²) < 4.78 is 27.5. The van der Waals surface area contributed by atoms with Gasteiger partial charge in [0.1, 0.15) is 0 Å². The van der Waals surface area contributed by atoms with Crippen LogP contribution in [-0.4, -0.2) is 85.9 Å². The average molecular weight is 453 g/mol. The number of carbonyl (C=O) groups excluding carboxylic acids is 2. The molecule has 0 bridgehead atoms. The number of hydrogen-bond acceptors (Lipinski definition) is 6. The molecule has 0 spiro atoms. The van der Waals surface area contributed by atoms with Crippen LogP contribution >= 0.6 is 11.8 Å². The molecule has 4 rings (SSSR count). The van der Waals surface area contributed by atoms with Gasteiger partial charge < -0.3 is 15.1 Å². The number of piperazine rings is 1. The number of hydrogen-bond donors (Lipinski definition) is 1. The highest BCUT2D eigenvalue weighted by Gasteiger charge is 2.37. The maximum absolute atomic E-state index is 13.0. The zero-order chi connectivity index (χ0) is 21.3. The molecule has 2 saturated heterocycles. The molecule has 1 aromatic carbocycles. The topological polar surface area (TPSA) is 90.0 Å². The zero-order valence-electron chi connectivity index (χ0n) is 17.2. The third-order valence-electron chi connectivity index (χ3n) is 5.93. The molecule has 0 aliphatic carbocycles. The van der Waals surface area contributed by atoms with Gasteiger partial charge in [-0.25, -0.2) is 8.42 Å². The summed E-state index contributed by atoms with van der Waals surface area (Å²) in [5.41, 5.74) is 0.458. The maximum Gasteiger partial charge on any atom is 0.247 e. The molecular weight excluding hydrogens is 424 g/mol. The largest absolute Gasteiger partial charge is 0.341 e. The van der Waals surface area contributed by atoms with Crippen LogP contribution in [0.4, 0.5) is 5.69 Å². The van der Waals surface area contributed by atoms with Gasteiger partial charge in [-0.05, 0) is 38.1 Å². The van der Waals surface area contributed by atoms with Gasteiger partial charge in [0.15, 0.2) is 5.25 Å². The minimum Gasteiger partial charge on any atom is -0.341 e. The van der Waals surface area contributed by atoms with Crippen molar-refractivity contribution in [3.8, 4) is 0 Å². The van der Waals surface area contributed by atoms with E-state index >= 15 is 0 Å². The number of fused-ring (bicyclic) bond motifs is 1. The molecule has 3 aliphatic heterocycles. The quantitative estimate of drug-likeness (QED) is 0.698. The van der Waals surface area contributed by atoms with Crippen molar-refractivity contribution in [2.24, 2.45) is 0 Å². The van der Waals surface area contributed by atoms with Crippen LogP contribution in [0.5, 0.6) is 0 Å². The lowest BCUT2D eigenvalue weighted by Gasteiger charge is -2.32. The Labute approximate surface area is 182 Å². The molecular formula is C20H28N4O4S2. The van der Waals surface area contributed by atoms with Crippen LogP contribution in [0.3, 0.4) is 0 Å². The van der Waals surface area contributed by atoms with Crippen LogP contribution < -0.4 is 5.32 Å². The standard InChI is InChI=1S/C20H28N4O4S2/c1-22-10-12-24(13-11-22)30(27,28)15-6-7-17-16(14-15)21-19(25)18(29-17)20(26)23-8-4-2-3-5-9-23/h6-7,14,18H,2-5,8-13H2,1H3,(H,21,25). The minimum atomic E-state index is -3.62. The second kappa shape index (κ2) is 8.86. The molecule has 1 aromatic rings. The minimum absolute atomic E-state index is 0.154. The molecule has 164 valence electrons. The van der Waals surface area contributed by atoms with Gasteiger partial charge in [-0.1, -0.05) is 12.8 Å². The first-order chi connectivity index (χ1) is 14.4. The van der Waals surface area contributed by atoms with E-state index in [9.17, 15) is 18.0 Å². The highest BCUT2D eigenvalue weighted by atomic mass is 32.2. The van der Waals surface area contributed by atoms with Gasteiger partial charge in [-0.15, -0.1) is 11.8 Å². The first-order valence-electron chi connectivity index (χ1n) is 10.5. The summed E-state index contributed by atoms with van der Waals surface area (Å²) in [5.74, 6) is -0.532. The van der Waals surface area contributed by atoms with Crippen LogP contribution in [0.2, 0.25) is 0 Å². The molecule has 3 heterocycles. The fraction of sp³-hybridized carbons (Fsp3) is 0.600. The summed E-state index contributed by atoms with van der Waals surface area (Å²) in [5, 5.41) is 1.95. The highest BCUT2D eigenvalue weighted by molar-refractivity contribution is 8.01. The van der Waals surface area contributed by atoms with Crippen LogP contribution in [0, 0.1) is 0 Å². The Morgan fingerprint density at radius 1 is 1.03 bits per heavy atom. The number of carbonyl (C=O) groups is 2. The van der Waals surface area contributed by atoms with Crippen molar-refractivity contribution in [3.63, 3.8) is 0 Å². The highest BCUT2D eigenvalue weighted by Crippen LogP contribution is 2.38. The predicted octanol–water partition coefficient (Wildman–Crippen LogP) is 1.44. The lowest BCUT2D eigenvalue weighted by atomic mass is 10.2. The monoisotopic (exact) mass is 452 g/mol. The van der Waals surface area contributed by atoms with Crippen LogP contribution in [-0.2, 0) is 19.6 Å². The number of rotatable bonds is 3. The lowest BCUT2D eigenvalue weighted by Crippen LogP contribution is -2.47. The van der Waals surface area contributed by atoms with E-state index in [1.54, 1.807) is 17.0 Å². The van der Waals surface area contributed by atoms with Crippen molar-refractivity contribution in [2.45, 2.75) is 40.7 Å². The van der Waals surface area contributed by atoms with Crippen LogP contribution in [0.15, 0.2) is 28.0 Å². The molecule has 0 aromatic heterocycles. The summed E-state index contributed by atoms with van der Waals surface area (Å²) >= 11 is 1.21. The molecule has 1 unspecified atom stereocenters. The lowest BCUT2D eigenvalue weighted by molar-refractivity contribution is -0.133. The number of thioether (sulfide) groups is 1. The molecule has 10 heteroatoms. The number of nitrogens with one attached hydrogen (secondary N) is 1. The summed E-state index contributed by atoms with van der Waals surface area (Å²) in [6, 6.07) is 4.79. The van der Waals surface area contributed by atoms with E-state index in [1.165, 1.54) is 22.1 Å².